The molecule has 1 aromatic heterocycles. The average Bonchev–Trinajstić information content (AvgIpc) is 2.31. The SMILES string of the molecule is C=CCNc1cc(C)nc(NCCCCC)n1. The molecule has 0 aliphatic carbocycles. The van der Waals surface area contributed by atoms with Gasteiger partial charge in [-0.2, -0.15) is 4.98 Å². The fourth-order valence-corrected chi connectivity index (χ4v) is 1.49. The van der Waals surface area contributed by atoms with Crippen LogP contribution in [0.4, 0.5) is 11.8 Å². The van der Waals surface area contributed by atoms with Crippen LogP contribution in [0.2, 0.25) is 0 Å². The molecule has 0 aromatic carbocycles. The average molecular weight is 234 g/mol. The summed E-state index contributed by atoms with van der Waals surface area (Å²) in [7, 11) is 0. The predicted molar refractivity (Wildman–Crippen MR) is 73.5 cm³/mol. The van der Waals surface area contributed by atoms with Crippen LogP contribution in [0, 0.1) is 6.92 Å². The van der Waals surface area contributed by atoms with E-state index in [4.69, 9.17) is 0 Å². The van der Waals surface area contributed by atoms with Crippen molar-refractivity contribution in [3.05, 3.63) is 24.4 Å². The second-order valence-electron chi connectivity index (χ2n) is 4.02. The maximum atomic E-state index is 4.39. The van der Waals surface area contributed by atoms with Crippen molar-refractivity contribution in [2.45, 2.75) is 33.1 Å². The Bertz CT molecular complexity index is 349. The first kappa shape index (κ1) is 13.5. The van der Waals surface area contributed by atoms with Gasteiger partial charge < -0.3 is 10.6 Å². The summed E-state index contributed by atoms with van der Waals surface area (Å²) in [6.07, 6.45) is 5.43. The third-order valence-electron chi connectivity index (χ3n) is 2.35. The van der Waals surface area contributed by atoms with Gasteiger partial charge in [-0.1, -0.05) is 25.8 Å². The first-order valence-electron chi connectivity index (χ1n) is 6.20. The van der Waals surface area contributed by atoms with Crippen LogP contribution in [0.1, 0.15) is 31.9 Å². The van der Waals surface area contributed by atoms with E-state index in [1.165, 1.54) is 12.8 Å². The zero-order chi connectivity index (χ0) is 12.5. The quantitative estimate of drug-likeness (QED) is 0.536. The Labute approximate surface area is 104 Å². The maximum absolute atomic E-state index is 4.39. The third-order valence-corrected chi connectivity index (χ3v) is 2.35. The van der Waals surface area contributed by atoms with Crippen molar-refractivity contribution in [1.29, 1.82) is 0 Å². The number of nitrogens with zero attached hydrogens (tertiary/aromatic N) is 2. The summed E-state index contributed by atoms with van der Waals surface area (Å²) in [6, 6.07) is 1.93. The molecule has 94 valence electrons. The number of rotatable bonds is 8. The molecule has 0 aliphatic rings. The Hall–Kier alpha value is -1.58. The maximum Gasteiger partial charge on any atom is 0.224 e. The molecule has 0 fully saturated rings. The summed E-state index contributed by atoms with van der Waals surface area (Å²) in [4.78, 5) is 8.74. The molecule has 4 heteroatoms. The van der Waals surface area contributed by atoms with E-state index in [2.05, 4.69) is 34.1 Å². The topological polar surface area (TPSA) is 49.8 Å². The lowest BCUT2D eigenvalue weighted by molar-refractivity contribution is 0.740. The predicted octanol–water partition coefficient (Wildman–Crippen LogP) is 2.99. The first-order chi connectivity index (χ1) is 8.26. The molecule has 1 rings (SSSR count). The largest absolute Gasteiger partial charge is 0.366 e. The molecule has 0 spiro atoms. The zero-order valence-electron chi connectivity index (χ0n) is 10.8. The van der Waals surface area contributed by atoms with Crippen LogP contribution in [0.3, 0.4) is 0 Å². The van der Waals surface area contributed by atoms with Crippen molar-refractivity contribution in [3.63, 3.8) is 0 Å². The van der Waals surface area contributed by atoms with Crippen LogP contribution in [0.25, 0.3) is 0 Å². The molecule has 1 heterocycles. The summed E-state index contributed by atoms with van der Waals surface area (Å²) in [5.41, 5.74) is 0.963. The number of unbranched alkanes of at least 4 members (excludes halogenated alkanes) is 2. The van der Waals surface area contributed by atoms with Crippen molar-refractivity contribution >= 4 is 11.8 Å². The highest BCUT2D eigenvalue weighted by atomic mass is 15.1. The first-order valence-corrected chi connectivity index (χ1v) is 6.20. The normalized spacial score (nSPS) is 10.0. The highest BCUT2D eigenvalue weighted by Gasteiger charge is 2.00. The van der Waals surface area contributed by atoms with Gasteiger partial charge in [-0.25, -0.2) is 4.98 Å². The van der Waals surface area contributed by atoms with Gasteiger partial charge in [0.25, 0.3) is 0 Å². The highest BCUT2D eigenvalue weighted by Crippen LogP contribution is 2.09. The molecule has 0 unspecified atom stereocenters. The van der Waals surface area contributed by atoms with E-state index in [9.17, 15) is 0 Å². The van der Waals surface area contributed by atoms with Gasteiger partial charge >= 0.3 is 0 Å². The number of anilines is 2. The highest BCUT2D eigenvalue weighted by molar-refractivity contribution is 5.42. The van der Waals surface area contributed by atoms with Crippen molar-refractivity contribution < 1.29 is 0 Å². The molecule has 0 saturated heterocycles. The van der Waals surface area contributed by atoms with Gasteiger partial charge in [0.15, 0.2) is 0 Å². The summed E-state index contributed by atoms with van der Waals surface area (Å²) < 4.78 is 0. The summed E-state index contributed by atoms with van der Waals surface area (Å²) >= 11 is 0. The molecule has 2 N–H and O–H groups in total. The lowest BCUT2D eigenvalue weighted by Gasteiger charge is -2.08. The molecule has 1 aromatic rings. The van der Waals surface area contributed by atoms with Crippen LogP contribution in [-0.4, -0.2) is 23.1 Å². The Balaban J connectivity index is 2.52. The minimum absolute atomic E-state index is 0.702. The van der Waals surface area contributed by atoms with Crippen molar-refractivity contribution in [1.82, 2.24) is 9.97 Å². The number of hydrogen-bond acceptors (Lipinski definition) is 4. The van der Waals surface area contributed by atoms with Gasteiger partial charge in [0.1, 0.15) is 5.82 Å². The lowest BCUT2D eigenvalue weighted by atomic mass is 10.2. The zero-order valence-corrected chi connectivity index (χ0v) is 10.8. The van der Waals surface area contributed by atoms with E-state index >= 15 is 0 Å². The summed E-state index contributed by atoms with van der Waals surface area (Å²) in [5, 5.41) is 6.42. The molecule has 17 heavy (non-hydrogen) atoms. The van der Waals surface area contributed by atoms with E-state index in [0.717, 1.165) is 24.5 Å². The molecule has 0 saturated carbocycles. The summed E-state index contributed by atoms with van der Waals surface area (Å²) in [6.45, 7) is 9.48. The number of hydrogen-bond donors (Lipinski definition) is 2. The second-order valence-corrected chi connectivity index (χ2v) is 4.02. The molecule has 0 atom stereocenters. The molecular formula is C13H22N4. The molecule has 0 amide bonds. The van der Waals surface area contributed by atoms with Crippen LogP contribution in [-0.2, 0) is 0 Å². The van der Waals surface area contributed by atoms with Gasteiger partial charge in [0.2, 0.25) is 5.95 Å². The monoisotopic (exact) mass is 234 g/mol. The van der Waals surface area contributed by atoms with Gasteiger partial charge in [-0.3, -0.25) is 0 Å². The Morgan fingerprint density at radius 3 is 2.82 bits per heavy atom. The fourth-order valence-electron chi connectivity index (χ4n) is 1.49. The third kappa shape index (κ3) is 5.33. The number of nitrogens with one attached hydrogen (secondary N) is 2. The van der Waals surface area contributed by atoms with E-state index in [0.29, 0.717) is 12.5 Å². The van der Waals surface area contributed by atoms with Gasteiger partial charge in [0, 0.05) is 24.8 Å². The molecule has 0 bridgehead atoms. The van der Waals surface area contributed by atoms with E-state index in [-0.39, 0.29) is 0 Å². The Morgan fingerprint density at radius 1 is 1.29 bits per heavy atom. The van der Waals surface area contributed by atoms with Crippen molar-refractivity contribution in [2.24, 2.45) is 0 Å². The van der Waals surface area contributed by atoms with Crippen molar-refractivity contribution in [2.75, 3.05) is 23.7 Å². The molecule has 0 radical (unpaired) electrons. The van der Waals surface area contributed by atoms with Crippen molar-refractivity contribution in [3.8, 4) is 0 Å². The van der Waals surface area contributed by atoms with E-state index < -0.39 is 0 Å². The standard InChI is InChI=1S/C13H22N4/c1-4-6-7-9-15-13-16-11(3)10-12(17-13)14-8-5-2/h5,10H,2,4,6-9H2,1,3H3,(H2,14,15,16,17). The number of aromatic nitrogens is 2. The van der Waals surface area contributed by atoms with Crippen LogP contribution < -0.4 is 10.6 Å². The van der Waals surface area contributed by atoms with Gasteiger partial charge in [0.05, 0.1) is 0 Å². The minimum atomic E-state index is 0.702. The van der Waals surface area contributed by atoms with Crippen LogP contribution in [0.15, 0.2) is 18.7 Å². The van der Waals surface area contributed by atoms with E-state index in [1.54, 1.807) is 0 Å². The van der Waals surface area contributed by atoms with Gasteiger partial charge in [-0.05, 0) is 13.3 Å². The minimum Gasteiger partial charge on any atom is -0.366 e. The molecule has 4 nitrogen and oxygen atoms in total. The molecular weight excluding hydrogens is 212 g/mol. The van der Waals surface area contributed by atoms with Crippen LogP contribution >= 0.6 is 0 Å². The smallest absolute Gasteiger partial charge is 0.224 e. The lowest BCUT2D eigenvalue weighted by Crippen LogP contribution is -2.09. The number of aryl methyl sites for hydroxylation is 1. The summed E-state index contributed by atoms with van der Waals surface area (Å²) in [5.74, 6) is 1.54. The Morgan fingerprint density at radius 2 is 2.12 bits per heavy atom. The fraction of sp³-hybridized carbons (Fsp3) is 0.538. The van der Waals surface area contributed by atoms with Gasteiger partial charge in [-0.15, -0.1) is 6.58 Å². The van der Waals surface area contributed by atoms with Crippen LogP contribution in [0.5, 0.6) is 0 Å². The second kappa shape index (κ2) is 7.65. The Kier molecular flexibility index (Phi) is 6.07. The van der Waals surface area contributed by atoms with E-state index in [1.807, 2.05) is 19.1 Å². The molecule has 0 aliphatic heterocycles.